The van der Waals surface area contributed by atoms with Crippen LogP contribution in [0.1, 0.15) is 25.7 Å². The zero-order valence-electron chi connectivity index (χ0n) is 8.86. The zero-order chi connectivity index (χ0) is 11.3. The molecule has 0 aromatic carbocycles. The Kier molecular flexibility index (Phi) is 4.17. The van der Waals surface area contributed by atoms with Crippen molar-refractivity contribution in [2.45, 2.75) is 31.7 Å². The van der Waals surface area contributed by atoms with Crippen molar-refractivity contribution in [2.24, 2.45) is 0 Å². The Hall–Kier alpha value is -1.50. The van der Waals surface area contributed by atoms with Gasteiger partial charge in [-0.25, -0.2) is 4.79 Å². The molecule has 0 radical (unpaired) electrons. The molecule has 0 aliphatic carbocycles. The smallest absolute Gasteiger partial charge is 0.328 e. The first-order valence-electron chi connectivity index (χ1n) is 5.01. The van der Waals surface area contributed by atoms with Crippen molar-refractivity contribution in [3.8, 4) is 12.3 Å². The molecule has 1 aliphatic rings. The molecular formula is C11H15NO3. The second kappa shape index (κ2) is 5.40. The van der Waals surface area contributed by atoms with E-state index in [0.29, 0.717) is 13.0 Å². The Labute approximate surface area is 89.6 Å². The van der Waals surface area contributed by atoms with Crippen molar-refractivity contribution in [1.82, 2.24) is 4.90 Å². The van der Waals surface area contributed by atoms with E-state index in [-0.39, 0.29) is 18.3 Å². The molecule has 82 valence electrons. The minimum atomic E-state index is -0.440. The molecule has 0 unspecified atom stereocenters. The van der Waals surface area contributed by atoms with Gasteiger partial charge in [-0.1, -0.05) is 5.92 Å². The predicted molar refractivity (Wildman–Crippen MR) is 54.8 cm³/mol. The third-order valence-corrected chi connectivity index (χ3v) is 2.55. The van der Waals surface area contributed by atoms with Crippen molar-refractivity contribution in [3.63, 3.8) is 0 Å². The number of carbonyl (C=O) groups is 2. The van der Waals surface area contributed by atoms with Gasteiger partial charge in [0, 0.05) is 6.54 Å². The number of ether oxygens (including phenoxy) is 1. The van der Waals surface area contributed by atoms with Crippen LogP contribution in [-0.4, -0.2) is 36.5 Å². The summed E-state index contributed by atoms with van der Waals surface area (Å²) in [5, 5.41) is 0. The van der Waals surface area contributed by atoms with E-state index < -0.39 is 6.04 Å². The number of nitrogens with zero attached hydrogens (tertiary/aromatic N) is 1. The number of hydrogen-bond acceptors (Lipinski definition) is 3. The van der Waals surface area contributed by atoms with E-state index in [2.05, 4.69) is 10.7 Å². The van der Waals surface area contributed by atoms with Crippen molar-refractivity contribution in [3.05, 3.63) is 0 Å². The van der Waals surface area contributed by atoms with Crippen LogP contribution in [0, 0.1) is 12.3 Å². The SMILES string of the molecule is C#CCC(=O)N1CCCC[C@@H]1C(=O)OC. The van der Waals surface area contributed by atoms with E-state index in [1.54, 1.807) is 0 Å². The normalized spacial score (nSPS) is 20.5. The van der Waals surface area contributed by atoms with Gasteiger partial charge in [-0.3, -0.25) is 4.79 Å². The fraction of sp³-hybridized carbons (Fsp3) is 0.636. The lowest BCUT2D eigenvalue weighted by Gasteiger charge is -2.33. The molecule has 0 saturated carbocycles. The molecule has 0 N–H and O–H groups in total. The first kappa shape index (κ1) is 11.6. The summed E-state index contributed by atoms with van der Waals surface area (Å²) < 4.78 is 4.66. The van der Waals surface area contributed by atoms with Gasteiger partial charge in [-0.2, -0.15) is 0 Å². The highest BCUT2D eigenvalue weighted by molar-refractivity contribution is 5.85. The van der Waals surface area contributed by atoms with Crippen molar-refractivity contribution in [2.75, 3.05) is 13.7 Å². The number of esters is 1. The monoisotopic (exact) mass is 209 g/mol. The van der Waals surface area contributed by atoms with E-state index >= 15 is 0 Å². The van der Waals surface area contributed by atoms with Crippen molar-refractivity contribution in [1.29, 1.82) is 0 Å². The van der Waals surface area contributed by atoms with Gasteiger partial charge >= 0.3 is 5.97 Å². The summed E-state index contributed by atoms with van der Waals surface area (Å²) in [4.78, 5) is 24.6. The summed E-state index contributed by atoms with van der Waals surface area (Å²) in [6.45, 7) is 0.598. The van der Waals surface area contributed by atoms with Gasteiger partial charge in [0.05, 0.1) is 13.5 Å². The predicted octanol–water partition coefficient (Wildman–Crippen LogP) is 0.564. The lowest BCUT2D eigenvalue weighted by molar-refractivity contribution is -0.154. The minimum Gasteiger partial charge on any atom is -0.467 e. The van der Waals surface area contributed by atoms with E-state index in [1.807, 2.05) is 0 Å². The lowest BCUT2D eigenvalue weighted by atomic mass is 10.0. The van der Waals surface area contributed by atoms with Crippen LogP contribution in [0.15, 0.2) is 0 Å². The molecule has 1 rings (SSSR count). The topological polar surface area (TPSA) is 46.6 Å². The fourth-order valence-electron chi connectivity index (χ4n) is 1.80. The largest absolute Gasteiger partial charge is 0.467 e. The van der Waals surface area contributed by atoms with E-state index in [4.69, 9.17) is 6.42 Å². The molecule has 4 nitrogen and oxygen atoms in total. The number of piperidine rings is 1. The van der Waals surface area contributed by atoms with Crippen molar-refractivity contribution < 1.29 is 14.3 Å². The minimum absolute atomic E-state index is 0.0491. The summed E-state index contributed by atoms with van der Waals surface area (Å²) >= 11 is 0. The third kappa shape index (κ3) is 2.72. The second-order valence-corrected chi connectivity index (χ2v) is 3.50. The third-order valence-electron chi connectivity index (χ3n) is 2.55. The summed E-state index contributed by atoms with van der Waals surface area (Å²) in [6, 6.07) is -0.440. The quantitative estimate of drug-likeness (QED) is 0.493. The van der Waals surface area contributed by atoms with Crippen LogP contribution in [0.25, 0.3) is 0 Å². The fourth-order valence-corrected chi connectivity index (χ4v) is 1.80. The molecular weight excluding hydrogens is 194 g/mol. The van der Waals surface area contributed by atoms with Gasteiger partial charge < -0.3 is 9.64 Å². The van der Waals surface area contributed by atoms with E-state index in [1.165, 1.54) is 12.0 Å². The number of carbonyl (C=O) groups excluding carboxylic acids is 2. The molecule has 0 aromatic rings. The van der Waals surface area contributed by atoms with Gasteiger partial charge in [0.1, 0.15) is 6.04 Å². The number of hydrogen-bond donors (Lipinski definition) is 0. The van der Waals surface area contributed by atoms with Crippen molar-refractivity contribution >= 4 is 11.9 Å². The van der Waals surface area contributed by atoms with Crippen LogP contribution >= 0.6 is 0 Å². The highest BCUT2D eigenvalue weighted by Crippen LogP contribution is 2.18. The maximum absolute atomic E-state index is 11.6. The number of likely N-dealkylation sites (tertiary alicyclic amines) is 1. The molecule has 15 heavy (non-hydrogen) atoms. The number of amides is 1. The maximum atomic E-state index is 11.6. The molecule has 1 fully saturated rings. The summed E-state index contributed by atoms with van der Waals surface area (Å²) in [5.74, 6) is 1.79. The zero-order valence-corrected chi connectivity index (χ0v) is 8.86. The molecule has 1 aliphatic heterocycles. The average molecular weight is 209 g/mol. The Morgan fingerprint density at radius 3 is 2.87 bits per heavy atom. The van der Waals surface area contributed by atoms with Crippen LogP contribution in [0.4, 0.5) is 0 Å². The molecule has 1 atom stereocenters. The molecule has 1 amide bonds. The summed E-state index contributed by atoms with van der Waals surface area (Å²) in [6.07, 6.45) is 7.66. The standard InChI is InChI=1S/C11H15NO3/c1-3-6-10(13)12-8-5-4-7-9(12)11(14)15-2/h1,9H,4-8H2,2H3/t9-/m1/s1. The maximum Gasteiger partial charge on any atom is 0.328 e. The van der Waals surface area contributed by atoms with Gasteiger partial charge in [0.2, 0.25) is 5.91 Å². The van der Waals surface area contributed by atoms with Crippen LogP contribution in [0.5, 0.6) is 0 Å². The molecule has 1 saturated heterocycles. The Balaban J connectivity index is 2.70. The number of rotatable bonds is 2. The lowest BCUT2D eigenvalue weighted by Crippen LogP contribution is -2.48. The second-order valence-electron chi connectivity index (χ2n) is 3.50. The Morgan fingerprint density at radius 1 is 1.53 bits per heavy atom. The number of methoxy groups -OCH3 is 1. The van der Waals surface area contributed by atoms with Gasteiger partial charge in [0.25, 0.3) is 0 Å². The molecule has 0 spiro atoms. The molecule has 0 aromatic heterocycles. The molecule has 1 heterocycles. The summed E-state index contributed by atoms with van der Waals surface area (Å²) in [5.41, 5.74) is 0. The number of terminal acetylenes is 1. The van der Waals surface area contributed by atoms with E-state index in [9.17, 15) is 9.59 Å². The van der Waals surface area contributed by atoms with Gasteiger partial charge in [0.15, 0.2) is 0 Å². The highest BCUT2D eigenvalue weighted by atomic mass is 16.5. The Bertz CT molecular complexity index is 293. The first-order valence-corrected chi connectivity index (χ1v) is 5.01. The van der Waals surface area contributed by atoms with Gasteiger partial charge in [-0.05, 0) is 19.3 Å². The van der Waals surface area contributed by atoms with Crippen LogP contribution in [0.2, 0.25) is 0 Å². The average Bonchev–Trinajstić information content (AvgIpc) is 2.28. The van der Waals surface area contributed by atoms with Crippen LogP contribution < -0.4 is 0 Å². The van der Waals surface area contributed by atoms with Crippen LogP contribution in [0.3, 0.4) is 0 Å². The van der Waals surface area contributed by atoms with E-state index in [0.717, 1.165) is 12.8 Å². The van der Waals surface area contributed by atoms with Gasteiger partial charge in [-0.15, -0.1) is 6.42 Å². The highest BCUT2D eigenvalue weighted by Gasteiger charge is 2.32. The summed E-state index contributed by atoms with van der Waals surface area (Å²) in [7, 11) is 1.33. The van der Waals surface area contributed by atoms with Crippen LogP contribution in [-0.2, 0) is 14.3 Å². The Morgan fingerprint density at radius 2 is 2.27 bits per heavy atom. The molecule has 4 heteroatoms. The first-order chi connectivity index (χ1) is 7.20. The molecule has 0 bridgehead atoms.